The van der Waals surface area contributed by atoms with Crippen LogP contribution in [0.15, 0.2) is 4.52 Å². The van der Waals surface area contributed by atoms with E-state index in [1.165, 1.54) is 30.8 Å². The van der Waals surface area contributed by atoms with Crippen molar-refractivity contribution in [2.45, 2.75) is 54.9 Å². The molecule has 1 saturated heterocycles. The number of nitrogens with zero attached hydrogens (tertiary/aromatic N) is 2. The molecule has 2 heterocycles. The molecule has 0 spiro atoms. The van der Waals surface area contributed by atoms with Crippen molar-refractivity contribution in [1.82, 2.24) is 10.1 Å². The van der Waals surface area contributed by atoms with E-state index in [1.54, 1.807) is 0 Å². The zero-order valence-corrected chi connectivity index (χ0v) is 13.6. The third kappa shape index (κ3) is 2.74. The van der Waals surface area contributed by atoms with Gasteiger partial charge >= 0.3 is 0 Å². The summed E-state index contributed by atoms with van der Waals surface area (Å²) in [4.78, 5) is 4.76. The molecule has 0 radical (unpaired) electrons. The van der Waals surface area contributed by atoms with Crippen LogP contribution in [0.4, 0.5) is 0 Å². The van der Waals surface area contributed by atoms with Crippen LogP contribution in [-0.2, 0) is 5.41 Å². The average Bonchev–Trinajstić information content (AvgIpc) is 2.98. The Morgan fingerprint density at radius 2 is 2.00 bits per heavy atom. The molecule has 4 nitrogen and oxygen atoms in total. The molecule has 1 aliphatic carbocycles. The van der Waals surface area contributed by atoms with E-state index in [2.05, 4.69) is 12.1 Å². The van der Waals surface area contributed by atoms with Crippen LogP contribution >= 0.6 is 23.5 Å². The van der Waals surface area contributed by atoms with Gasteiger partial charge in [-0.05, 0) is 12.8 Å². The maximum Gasteiger partial charge on any atom is 0.234 e. The van der Waals surface area contributed by atoms with Gasteiger partial charge in [-0.25, -0.2) is 0 Å². The van der Waals surface area contributed by atoms with Crippen LogP contribution in [0.3, 0.4) is 0 Å². The Hall–Kier alpha value is -0.200. The second-order valence-electron chi connectivity index (χ2n) is 5.87. The molecule has 112 valence electrons. The van der Waals surface area contributed by atoms with Gasteiger partial charge < -0.3 is 10.3 Å². The minimum atomic E-state index is -0.0563. The molecule has 1 aromatic rings. The molecule has 1 aromatic heterocycles. The Morgan fingerprint density at radius 1 is 1.25 bits per heavy atom. The van der Waals surface area contributed by atoms with Gasteiger partial charge in [0.2, 0.25) is 5.89 Å². The number of hydrogen-bond donors (Lipinski definition) is 1. The van der Waals surface area contributed by atoms with Gasteiger partial charge in [-0.1, -0.05) is 31.3 Å². The van der Waals surface area contributed by atoms with Crippen LogP contribution in [0.2, 0.25) is 0 Å². The molecule has 0 bridgehead atoms. The summed E-state index contributed by atoms with van der Waals surface area (Å²) in [5, 5.41) is 5.20. The van der Waals surface area contributed by atoms with Crippen molar-refractivity contribution >= 4 is 23.5 Å². The van der Waals surface area contributed by atoms with Gasteiger partial charge in [0.25, 0.3) is 0 Å². The molecule has 20 heavy (non-hydrogen) atoms. The Morgan fingerprint density at radius 3 is 2.70 bits per heavy atom. The first-order chi connectivity index (χ1) is 9.75. The standard InChI is InChI=1S/C14H23N3OS2/c1-10-11(20-8-7-19-10)12-16-13(18-17-12)14(9-15)5-3-2-4-6-14/h10-11H,2-9,15H2,1H3. The fourth-order valence-corrected chi connectivity index (χ4v) is 5.90. The third-order valence-corrected chi connectivity index (χ3v) is 7.63. The SMILES string of the molecule is CC1SCCSC1c1noc(C2(CN)CCCCC2)n1. The second kappa shape index (κ2) is 6.28. The van der Waals surface area contributed by atoms with Crippen LogP contribution in [0.25, 0.3) is 0 Å². The van der Waals surface area contributed by atoms with Crippen LogP contribution in [0.1, 0.15) is 56.0 Å². The molecule has 0 amide bonds. The Labute approximate surface area is 129 Å². The van der Waals surface area contributed by atoms with Crippen molar-refractivity contribution in [3.05, 3.63) is 11.7 Å². The zero-order valence-electron chi connectivity index (χ0n) is 12.0. The summed E-state index contributed by atoms with van der Waals surface area (Å²) >= 11 is 3.96. The maximum absolute atomic E-state index is 6.05. The monoisotopic (exact) mass is 313 g/mol. The van der Waals surface area contributed by atoms with Gasteiger partial charge in [-0.3, -0.25) is 0 Å². The van der Waals surface area contributed by atoms with Gasteiger partial charge in [0.1, 0.15) is 0 Å². The van der Waals surface area contributed by atoms with E-state index in [4.69, 9.17) is 15.2 Å². The molecule has 1 aliphatic heterocycles. The molecule has 6 heteroatoms. The molecule has 2 fully saturated rings. The van der Waals surface area contributed by atoms with Gasteiger partial charge in [0, 0.05) is 23.3 Å². The van der Waals surface area contributed by atoms with E-state index in [9.17, 15) is 0 Å². The largest absolute Gasteiger partial charge is 0.339 e. The molecule has 3 rings (SSSR count). The fraction of sp³-hybridized carbons (Fsp3) is 0.857. The summed E-state index contributed by atoms with van der Waals surface area (Å²) in [6, 6.07) is 0. The highest BCUT2D eigenvalue weighted by atomic mass is 32.2. The number of aromatic nitrogens is 2. The van der Waals surface area contributed by atoms with Gasteiger partial charge in [-0.15, -0.1) is 11.8 Å². The van der Waals surface area contributed by atoms with Crippen molar-refractivity contribution < 1.29 is 4.52 Å². The lowest BCUT2D eigenvalue weighted by Gasteiger charge is -2.32. The number of hydrogen-bond acceptors (Lipinski definition) is 6. The molecular weight excluding hydrogens is 290 g/mol. The third-order valence-electron chi connectivity index (χ3n) is 4.54. The molecule has 1 saturated carbocycles. The lowest BCUT2D eigenvalue weighted by atomic mass is 9.74. The van der Waals surface area contributed by atoms with E-state index in [0.717, 1.165) is 24.6 Å². The van der Waals surface area contributed by atoms with Crippen LogP contribution in [0, 0.1) is 0 Å². The zero-order chi connectivity index (χ0) is 14.0. The normalized spacial score (nSPS) is 30.3. The van der Waals surface area contributed by atoms with Crippen molar-refractivity contribution in [3.63, 3.8) is 0 Å². The van der Waals surface area contributed by atoms with Crippen LogP contribution < -0.4 is 5.73 Å². The molecule has 0 aromatic carbocycles. The number of thioether (sulfide) groups is 2. The number of rotatable bonds is 3. The van der Waals surface area contributed by atoms with E-state index in [0.29, 0.717) is 17.0 Å². The van der Waals surface area contributed by atoms with Crippen molar-refractivity contribution in [2.75, 3.05) is 18.1 Å². The Kier molecular flexibility index (Phi) is 4.62. The van der Waals surface area contributed by atoms with Crippen LogP contribution in [0.5, 0.6) is 0 Å². The van der Waals surface area contributed by atoms with Crippen LogP contribution in [-0.4, -0.2) is 33.4 Å². The summed E-state index contributed by atoms with van der Waals surface area (Å²) in [6.07, 6.45) is 5.92. The molecular formula is C14H23N3OS2. The minimum Gasteiger partial charge on any atom is -0.339 e. The Bertz CT molecular complexity index is 445. The summed E-state index contributed by atoms with van der Waals surface area (Å²) in [5.41, 5.74) is 5.99. The topological polar surface area (TPSA) is 64.9 Å². The van der Waals surface area contributed by atoms with Gasteiger partial charge in [0.05, 0.1) is 10.7 Å². The quantitative estimate of drug-likeness (QED) is 0.925. The van der Waals surface area contributed by atoms with E-state index in [-0.39, 0.29) is 5.41 Å². The average molecular weight is 313 g/mol. The highest BCUT2D eigenvalue weighted by Gasteiger charge is 2.39. The van der Waals surface area contributed by atoms with Gasteiger partial charge in [-0.2, -0.15) is 16.7 Å². The first-order valence-electron chi connectivity index (χ1n) is 7.52. The molecule has 2 unspecified atom stereocenters. The van der Waals surface area contributed by atoms with E-state index in [1.807, 2.05) is 23.5 Å². The molecule has 2 aliphatic rings. The highest BCUT2D eigenvalue weighted by molar-refractivity contribution is 8.06. The second-order valence-corrected chi connectivity index (χ2v) is 8.60. The predicted molar refractivity (Wildman–Crippen MR) is 85.2 cm³/mol. The van der Waals surface area contributed by atoms with E-state index >= 15 is 0 Å². The van der Waals surface area contributed by atoms with Crippen molar-refractivity contribution in [3.8, 4) is 0 Å². The first-order valence-corrected chi connectivity index (χ1v) is 9.62. The maximum atomic E-state index is 6.05. The highest BCUT2D eigenvalue weighted by Crippen LogP contribution is 2.43. The fourth-order valence-electron chi connectivity index (χ4n) is 3.22. The Balaban J connectivity index is 1.81. The minimum absolute atomic E-state index is 0.0563. The number of nitrogens with two attached hydrogens (primary N) is 1. The lowest BCUT2D eigenvalue weighted by Crippen LogP contribution is -2.37. The lowest BCUT2D eigenvalue weighted by molar-refractivity contribution is 0.219. The summed E-state index contributed by atoms with van der Waals surface area (Å²) in [7, 11) is 0. The molecule has 2 N–H and O–H groups in total. The van der Waals surface area contributed by atoms with Crippen molar-refractivity contribution in [1.29, 1.82) is 0 Å². The smallest absolute Gasteiger partial charge is 0.234 e. The predicted octanol–water partition coefficient (Wildman–Crippen LogP) is 3.14. The molecule has 2 atom stereocenters. The summed E-state index contributed by atoms with van der Waals surface area (Å²) in [6.45, 7) is 2.88. The summed E-state index contributed by atoms with van der Waals surface area (Å²) < 4.78 is 5.64. The van der Waals surface area contributed by atoms with E-state index < -0.39 is 0 Å². The van der Waals surface area contributed by atoms with Gasteiger partial charge in [0.15, 0.2) is 5.82 Å². The summed E-state index contributed by atoms with van der Waals surface area (Å²) in [5.74, 6) is 4.06. The first kappa shape index (κ1) is 14.7. The van der Waals surface area contributed by atoms with Crippen molar-refractivity contribution in [2.24, 2.45) is 5.73 Å².